The first-order valence-corrected chi connectivity index (χ1v) is 14.2. The summed E-state index contributed by atoms with van der Waals surface area (Å²) in [5, 5.41) is 0. The van der Waals surface area contributed by atoms with Gasteiger partial charge in [-0.1, -0.05) is 32.6 Å². The first-order chi connectivity index (χ1) is 20.6. The van der Waals surface area contributed by atoms with Crippen molar-refractivity contribution >= 4 is 17.7 Å². The lowest BCUT2D eigenvalue weighted by Gasteiger charge is -2.39. The number of rotatable bonds is 17. The number of unbranched alkanes of at least 4 members (excludes halogenated alkanes) is 4. The summed E-state index contributed by atoms with van der Waals surface area (Å²) in [6.07, 6.45) is -4.51. The number of halogens is 13. The van der Waals surface area contributed by atoms with Crippen molar-refractivity contribution in [2.24, 2.45) is 0 Å². The Hall–Kier alpha value is -2.85. The maximum absolute atomic E-state index is 14.0. The summed E-state index contributed by atoms with van der Waals surface area (Å²) in [7, 11) is 0. The molecule has 2 aromatic rings. The smallest absolute Gasteiger partial charge is 0.460 e. The van der Waals surface area contributed by atoms with Crippen LogP contribution in [0.1, 0.15) is 55.8 Å². The van der Waals surface area contributed by atoms with Crippen LogP contribution in [-0.2, 0) is 0 Å². The van der Waals surface area contributed by atoms with Crippen LogP contribution in [0.15, 0.2) is 53.4 Å². The van der Waals surface area contributed by atoms with E-state index in [-0.39, 0.29) is 16.2 Å². The van der Waals surface area contributed by atoms with Gasteiger partial charge in [-0.3, -0.25) is 0 Å². The molecular formula is C28H27F13O3S. The number of hydrogen-bond donors (Lipinski definition) is 0. The third-order valence-corrected chi connectivity index (χ3v) is 7.34. The fraction of sp³-hybridized carbons (Fsp3) is 0.536. The van der Waals surface area contributed by atoms with E-state index in [0.717, 1.165) is 56.4 Å². The molecule has 0 unspecified atom stereocenters. The Kier molecular flexibility index (Phi) is 12.5. The van der Waals surface area contributed by atoms with E-state index in [9.17, 15) is 61.9 Å². The van der Waals surface area contributed by atoms with Gasteiger partial charge in [-0.2, -0.15) is 57.1 Å². The molecule has 0 N–H and O–H groups in total. The number of ether oxygens (including phenoxy) is 2. The van der Waals surface area contributed by atoms with Crippen molar-refractivity contribution in [2.75, 3.05) is 12.4 Å². The average Bonchev–Trinajstić information content (AvgIpc) is 2.95. The van der Waals surface area contributed by atoms with Crippen LogP contribution in [-0.4, -0.2) is 54.1 Å². The van der Waals surface area contributed by atoms with Gasteiger partial charge in [-0.05, 0) is 55.0 Å². The topological polar surface area (TPSA) is 35.5 Å². The van der Waals surface area contributed by atoms with Crippen LogP contribution in [0.25, 0.3) is 0 Å². The SMILES string of the molecule is CCCCCCCOc1ccc(C(=O)Oc2ccc(SCCC(F)(F)C(F)(F)C(F)(F)C(F)(F)C(F)(F)C(F)(F)F)cc2)cc1. The molecule has 0 saturated heterocycles. The van der Waals surface area contributed by atoms with Gasteiger partial charge in [-0.25, -0.2) is 4.79 Å². The van der Waals surface area contributed by atoms with Gasteiger partial charge in [-0.15, -0.1) is 11.8 Å². The highest BCUT2D eigenvalue weighted by Gasteiger charge is 2.90. The lowest BCUT2D eigenvalue weighted by Crippen LogP contribution is -2.70. The lowest BCUT2D eigenvalue weighted by atomic mass is 9.93. The molecule has 0 fully saturated rings. The van der Waals surface area contributed by atoms with Gasteiger partial charge in [0, 0.05) is 17.1 Å². The molecular weight excluding hydrogens is 663 g/mol. The standard InChI is InChI=1S/C28H27F13O3S/c1-2-3-4-5-6-16-43-19-9-7-18(8-10-19)22(42)44-20-11-13-21(14-12-20)45-17-15-23(29,30)24(31,32)25(33,34)26(35,36)27(37,38)28(39,40)41/h7-14H,2-6,15-17H2,1H3. The molecule has 2 rings (SSSR count). The Bertz CT molecular complexity index is 1230. The predicted molar refractivity (Wildman–Crippen MR) is 138 cm³/mol. The summed E-state index contributed by atoms with van der Waals surface area (Å²) in [5.41, 5.74) is 0.141. The Morgan fingerprint density at radius 1 is 0.644 bits per heavy atom. The molecule has 254 valence electrons. The molecule has 0 aliphatic carbocycles. The van der Waals surface area contributed by atoms with Gasteiger partial charge in [0.05, 0.1) is 12.2 Å². The first kappa shape index (κ1) is 38.3. The van der Waals surface area contributed by atoms with E-state index in [0.29, 0.717) is 24.1 Å². The maximum atomic E-state index is 14.0. The van der Waals surface area contributed by atoms with E-state index < -0.39 is 53.9 Å². The van der Waals surface area contributed by atoms with E-state index >= 15 is 0 Å². The Labute approximate surface area is 253 Å². The van der Waals surface area contributed by atoms with Crippen molar-refractivity contribution in [1.82, 2.24) is 0 Å². The third-order valence-electron chi connectivity index (χ3n) is 6.32. The zero-order valence-electron chi connectivity index (χ0n) is 23.3. The number of benzene rings is 2. The van der Waals surface area contributed by atoms with Crippen LogP contribution in [0.3, 0.4) is 0 Å². The fourth-order valence-electron chi connectivity index (χ4n) is 3.61. The van der Waals surface area contributed by atoms with Gasteiger partial charge in [0.1, 0.15) is 11.5 Å². The van der Waals surface area contributed by atoms with E-state index in [4.69, 9.17) is 9.47 Å². The summed E-state index contributed by atoms with van der Waals surface area (Å²) in [4.78, 5) is 12.4. The Balaban J connectivity index is 1.94. The first-order valence-electron chi connectivity index (χ1n) is 13.3. The zero-order valence-corrected chi connectivity index (χ0v) is 24.1. The molecule has 0 amide bonds. The summed E-state index contributed by atoms with van der Waals surface area (Å²) in [5.74, 6) is -38.4. The van der Waals surface area contributed by atoms with Crippen LogP contribution in [0.4, 0.5) is 57.1 Å². The fourth-order valence-corrected chi connectivity index (χ4v) is 4.53. The Morgan fingerprint density at radius 3 is 1.69 bits per heavy atom. The van der Waals surface area contributed by atoms with Crippen LogP contribution >= 0.6 is 11.8 Å². The van der Waals surface area contributed by atoms with Crippen molar-refractivity contribution in [3.8, 4) is 11.5 Å². The van der Waals surface area contributed by atoms with E-state index in [1.165, 1.54) is 12.1 Å². The van der Waals surface area contributed by atoms with E-state index in [1.54, 1.807) is 12.1 Å². The number of thioether (sulfide) groups is 1. The maximum Gasteiger partial charge on any atom is 0.460 e. The van der Waals surface area contributed by atoms with Gasteiger partial charge >= 0.3 is 41.8 Å². The normalized spacial score (nSPS) is 13.6. The third kappa shape index (κ3) is 8.70. The van der Waals surface area contributed by atoms with Crippen molar-refractivity contribution in [2.45, 2.75) is 86.1 Å². The highest BCUT2D eigenvalue weighted by atomic mass is 32.2. The molecule has 0 saturated carbocycles. The van der Waals surface area contributed by atoms with Crippen molar-refractivity contribution in [1.29, 1.82) is 0 Å². The van der Waals surface area contributed by atoms with Crippen LogP contribution in [0, 0.1) is 0 Å². The second-order valence-corrected chi connectivity index (χ2v) is 10.9. The largest absolute Gasteiger partial charge is 0.494 e. The summed E-state index contributed by atoms with van der Waals surface area (Å²) in [6, 6.07) is 10.6. The Morgan fingerprint density at radius 2 is 1.16 bits per heavy atom. The molecule has 0 atom stereocenters. The monoisotopic (exact) mass is 690 g/mol. The minimum Gasteiger partial charge on any atom is -0.494 e. The molecule has 3 nitrogen and oxygen atoms in total. The molecule has 0 radical (unpaired) electrons. The molecule has 17 heteroatoms. The second-order valence-electron chi connectivity index (χ2n) is 9.75. The molecule has 0 aromatic heterocycles. The van der Waals surface area contributed by atoms with Crippen molar-refractivity contribution in [3.63, 3.8) is 0 Å². The highest BCUT2D eigenvalue weighted by Crippen LogP contribution is 2.60. The van der Waals surface area contributed by atoms with Gasteiger partial charge < -0.3 is 9.47 Å². The lowest BCUT2D eigenvalue weighted by molar-refractivity contribution is -0.439. The number of carbonyl (C=O) groups is 1. The molecule has 0 bridgehead atoms. The number of esters is 1. The van der Waals surface area contributed by atoms with Crippen molar-refractivity contribution in [3.05, 3.63) is 54.1 Å². The highest BCUT2D eigenvalue weighted by molar-refractivity contribution is 7.99. The minimum absolute atomic E-state index is 0.00538. The predicted octanol–water partition coefficient (Wildman–Crippen LogP) is 10.5. The van der Waals surface area contributed by atoms with Gasteiger partial charge in [0.25, 0.3) is 0 Å². The molecule has 0 heterocycles. The average molecular weight is 691 g/mol. The molecule has 45 heavy (non-hydrogen) atoms. The second kappa shape index (κ2) is 14.7. The quantitative estimate of drug-likeness (QED) is 0.0544. The van der Waals surface area contributed by atoms with Crippen LogP contribution in [0.5, 0.6) is 11.5 Å². The van der Waals surface area contributed by atoms with Gasteiger partial charge in [0.15, 0.2) is 0 Å². The number of alkyl halides is 13. The van der Waals surface area contributed by atoms with E-state index in [1.807, 2.05) is 0 Å². The van der Waals surface area contributed by atoms with Crippen LogP contribution in [0.2, 0.25) is 0 Å². The van der Waals surface area contributed by atoms with E-state index in [2.05, 4.69) is 6.92 Å². The summed E-state index contributed by atoms with van der Waals surface area (Å²) >= 11 is 0.300. The molecule has 2 aromatic carbocycles. The molecule has 0 aliphatic rings. The number of hydrogen-bond acceptors (Lipinski definition) is 4. The number of carbonyl (C=O) groups excluding carboxylic acids is 1. The minimum atomic E-state index is -7.92. The van der Waals surface area contributed by atoms with Crippen molar-refractivity contribution < 1.29 is 71.3 Å². The molecule has 0 spiro atoms. The van der Waals surface area contributed by atoms with Crippen LogP contribution < -0.4 is 9.47 Å². The summed E-state index contributed by atoms with van der Waals surface area (Å²) < 4.78 is 183. The summed E-state index contributed by atoms with van der Waals surface area (Å²) in [6.45, 7) is 2.60. The van der Waals surface area contributed by atoms with Gasteiger partial charge in [0.2, 0.25) is 0 Å². The zero-order chi connectivity index (χ0) is 34.3. The molecule has 0 aliphatic heterocycles.